The Morgan fingerprint density at radius 2 is 2.04 bits per heavy atom. The summed E-state index contributed by atoms with van der Waals surface area (Å²) in [6.07, 6.45) is 0.387. The number of carbonyl (C=O) groups excluding carboxylic acids is 1. The molecule has 0 saturated heterocycles. The van der Waals surface area contributed by atoms with Crippen LogP contribution in [0.5, 0.6) is 5.75 Å². The summed E-state index contributed by atoms with van der Waals surface area (Å²) in [7, 11) is 1.59. The van der Waals surface area contributed by atoms with Gasteiger partial charge in [0.1, 0.15) is 5.75 Å². The maximum Gasteiger partial charge on any atom is 0.226 e. The highest BCUT2D eigenvalue weighted by molar-refractivity contribution is 5.92. The third kappa shape index (κ3) is 4.82. The van der Waals surface area contributed by atoms with Crippen molar-refractivity contribution < 1.29 is 9.53 Å². The minimum absolute atomic E-state index is 0.0396. The van der Waals surface area contributed by atoms with E-state index in [1.165, 1.54) is 11.3 Å². The Bertz CT molecular complexity index is 724. The van der Waals surface area contributed by atoms with E-state index in [1.54, 1.807) is 7.11 Å². The van der Waals surface area contributed by atoms with Crippen LogP contribution in [0.25, 0.3) is 0 Å². The molecule has 0 unspecified atom stereocenters. The zero-order chi connectivity index (χ0) is 18.4. The molecule has 0 bridgehead atoms. The van der Waals surface area contributed by atoms with Crippen molar-refractivity contribution in [2.75, 3.05) is 12.4 Å². The zero-order valence-corrected chi connectivity index (χ0v) is 15.7. The number of para-hydroxylation sites is 2. The fraction of sp³-hybridized carbons (Fsp3) is 0.474. The minimum atomic E-state index is -0.0396. The lowest BCUT2D eigenvalue weighted by Gasteiger charge is -2.15. The van der Waals surface area contributed by atoms with Crippen LogP contribution in [-0.4, -0.2) is 28.8 Å². The predicted molar refractivity (Wildman–Crippen MR) is 99.9 cm³/mol. The van der Waals surface area contributed by atoms with E-state index in [0.29, 0.717) is 24.4 Å². The Balaban J connectivity index is 1.89. The molecule has 0 aliphatic rings. The van der Waals surface area contributed by atoms with Gasteiger partial charge in [0.05, 0.1) is 18.5 Å². The van der Waals surface area contributed by atoms with E-state index in [1.807, 2.05) is 42.8 Å². The van der Waals surface area contributed by atoms with Gasteiger partial charge in [0.15, 0.2) is 0 Å². The van der Waals surface area contributed by atoms with Gasteiger partial charge in [-0.15, -0.1) is 0 Å². The number of ether oxygens (including phenoxy) is 1. The number of methoxy groups -OCH3 is 1. The van der Waals surface area contributed by atoms with Gasteiger partial charge in [0.2, 0.25) is 5.91 Å². The first kappa shape index (κ1) is 19.0. The highest BCUT2D eigenvalue weighted by Crippen LogP contribution is 2.23. The number of anilines is 1. The first-order valence-corrected chi connectivity index (χ1v) is 8.65. The lowest BCUT2D eigenvalue weighted by atomic mass is 10.1. The molecule has 2 aromatic rings. The molecule has 25 heavy (non-hydrogen) atoms. The van der Waals surface area contributed by atoms with Gasteiger partial charge in [-0.05, 0) is 39.8 Å². The molecule has 2 rings (SSSR count). The Hall–Kier alpha value is -2.34. The molecule has 0 fully saturated rings. The lowest BCUT2D eigenvalue weighted by Crippen LogP contribution is -2.30. The van der Waals surface area contributed by atoms with Crippen LogP contribution >= 0.6 is 0 Å². The SMILES string of the molecule is CCn1nc(C)c(CN[C@H](C)CC(=O)Nc2ccccc2OC)c1C. The summed E-state index contributed by atoms with van der Waals surface area (Å²) in [4.78, 5) is 12.3. The average Bonchev–Trinajstić information content (AvgIpc) is 2.87. The maximum atomic E-state index is 12.3. The summed E-state index contributed by atoms with van der Waals surface area (Å²) >= 11 is 0. The number of hydrogen-bond donors (Lipinski definition) is 2. The van der Waals surface area contributed by atoms with E-state index in [2.05, 4.69) is 29.6 Å². The van der Waals surface area contributed by atoms with Crippen LogP contribution in [0.15, 0.2) is 24.3 Å². The van der Waals surface area contributed by atoms with E-state index in [9.17, 15) is 4.79 Å². The highest BCUT2D eigenvalue weighted by Gasteiger charge is 2.14. The first-order chi connectivity index (χ1) is 12.0. The molecule has 6 nitrogen and oxygen atoms in total. The number of carbonyl (C=O) groups is 1. The number of aryl methyl sites for hydroxylation is 2. The molecule has 1 heterocycles. The molecule has 0 spiro atoms. The van der Waals surface area contributed by atoms with Crippen LogP contribution in [0.1, 0.15) is 37.2 Å². The van der Waals surface area contributed by atoms with Crippen molar-refractivity contribution in [2.24, 2.45) is 0 Å². The summed E-state index contributed by atoms with van der Waals surface area (Å²) in [5.74, 6) is 0.622. The van der Waals surface area contributed by atoms with Gasteiger partial charge >= 0.3 is 0 Å². The van der Waals surface area contributed by atoms with Crippen LogP contribution in [-0.2, 0) is 17.9 Å². The van der Waals surface area contributed by atoms with E-state index >= 15 is 0 Å². The molecule has 136 valence electrons. The second-order valence-electron chi connectivity index (χ2n) is 6.20. The van der Waals surface area contributed by atoms with Crippen molar-refractivity contribution in [3.05, 3.63) is 41.2 Å². The van der Waals surface area contributed by atoms with Gasteiger partial charge in [-0.3, -0.25) is 9.48 Å². The van der Waals surface area contributed by atoms with Crippen LogP contribution in [0.2, 0.25) is 0 Å². The molecular weight excluding hydrogens is 316 g/mol. The van der Waals surface area contributed by atoms with Crippen LogP contribution in [0.4, 0.5) is 5.69 Å². The smallest absolute Gasteiger partial charge is 0.226 e. The molecule has 0 aliphatic carbocycles. The molecular formula is C19H28N4O2. The second-order valence-corrected chi connectivity index (χ2v) is 6.20. The fourth-order valence-electron chi connectivity index (χ4n) is 2.87. The Kier molecular flexibility index (Phi) is 6.58. The molecule has 0 saturated carbocycles. The van der Waals surface area contributed by atoms with Crippen molar-refractivity contribution in [1.29, 1.82) is 0 Å². The molecule has 2 N–H and O–H groups in total. The summed E-state index contributed by atoms with van der Waals surface area (Å²) in [6.45, 7) is 9.78. The van der Waals surface area contributed by atoms with Gasteiger partial charge in [-0.2, -0.15) is 5.10 Å². The van der Waals surface area contributed by atoms with Crippen molar-refractivity contribution in [3.63, 3.8) is 0 Å². The third-order valence-corrected chi connectivity index (χ3v) is 4.33. The van der Waals surface area contributed by atoms with Gasteiger partial charge in [0.25, 0.3) is 0 Å². The summed E-state index contributed by atoms with van der Waals surface area (Å²) in [5, 5.41) is 10.8. The quantitative estimate of drug-likeness (QED) is 0.772. The van der Waals surface area contributed by atoms with Crippen LogP contribution in [0.3, 0.4) is 0 Å². The van der Waals surface area contributed by atoms with E-state index in [0.717, 1.165) is 12.2 Å². The molecule has 1 atom stereocenters. The van der Waals surface area contributed by atoms with E-state index in [4.69, 9.17) is 4.74 Å². The second kappa shape index (κ2) is 8.67. The normalized spacial score (nSPS) is 12.0. The molecule has 1 aromatic carbocycles. The molecule has 1 aromatic heterocycles. The number of nitrogens with one attached hydrogen (secondary N) is 2. The van der Waals surface area contributed by atoms with Crippen molar-refractivity contribution >= 4 is 11.6 Å². The largest absolute Gasteiger partial charge is 0.495 e. The van der Waals surface area contributed by atoms with Crippen molar-refractivity contribution in [2.45, 2.75) is 53.2 Å². The van der Waals surface area contributed by atoms with Crippen molar-refractivity contribution in [1.82, 2.24) is 15.1 Å². The number of hydrogen-bond acceptors (Lipinski definition) is 4. The first-order valence-electron chi connectivity index (χ1n) is 8.65. The van der Waals surface area contributed by atoms with Gasteiger partial charge < -0.3 is 15.4 Å². The molecule has 0 aliphatic heterocycles. The Labute approximate surface area is 149 Å². The maximum absolute atomic E-state index is 12.3. The minimum Gasteiger partial charge on any atom is -0.495 e. The van der Waals surface area contributed by atoms with Crippen LogP contribution in [0, 0.1) is 13.8 Å². The van der Waals surface area contributed by atoms with Crippen molar-refractivity contribution in [3.8, 4) is 5.75 Å². The average molecular weight is 344 g/mol. The fourth-order valence-corrected chi connectivity index (χ4v) is 2.87. The number of rotatable bonds is 8. The number of nitrogens with zero attached hydrogens (tertiary/aromatic N) is 2. The highest BCUT2D eigenvalue weighted by atomic mass is 16.5. The summed E-state index contributed by atoms with van der Waals surface area (Å²) in [5.41, 5.74) is 4.12. The molecule has 0 radical (unpaired) electrons. The number of amides is 1. The zero-order valence-electron chi connectivity index (χ0n) is 15.7. The van der Waals surface area contributed by atoms with Gasteiger partial charge in [-0.1, -0.05) is 12.1 Å². The topological polar surface area (TPSA) is 68.2 Å². The predicted octanol–water partition coefficient (Wildman–Crippen LogP) is 3.04. The molecule has 1 amide bonds. The monoisotopic (exact) mass is 344 g/mol. The third-order valence-electron chi connectivity index (χ3n) is 4.33. The van der Waals surface area contributed by atoms with E-state index in [-0.39, 0.29) is 11.9 Å². The Morgan fingerprint density at radius 3 is 2.68 bits per heavy atom. The van der Waals surface area contributed by atoms with Gasteiger partial charge in [0, 0.05) is 36.8 Å². The number of benzene rings is 1. The standard InChI is InChI=1S/C19H28N4O2/c1-6-23-15(4)16(14(3)22-23)12-20-13(2)11-19(24)21-17-9-7-8-10-18(17)25-5/h7-10,13,20H,6,11-12H2,1-5H3,(H,21,24)/t13-/m1/s1. The van der Waals surface area contributed by atoms with E-state index < -0.39 is 0 Å². The summed E-state index contributed by atoms with van der Waals surface area (Å²) in [6, 6.07) is 7.46. The molecule has 6 heteroatoms. The number of aromatic nitrogens is 2. The van der Waals surface area contributed by atoms with Gasteiger partial charge in [-0.25, -0.2) is 0 Å². The lowest BCUT2D eigenvalue weighted by molar-refractivity contribution is -0.116. The summed E-state index contributed by atoms with van der Waals surface area (Å²) < 4.78 is 7.26. The Morgan fingerprint density at radius 1 is 1.32 bits per heavy atom. The van der Waals surface area contributed by atoms with Crippen LogP contribution < -0.4 is 15.4 Å².